The van der Waals surface area contributed by atoms with Crippen LogP contribution >= 0.6 is 0 Å². The Morgan fingerprint density at radius 2 is 2.15 bits per heavy atom. The Morgan fingerprint density at radius 3 is 2.46 bits per heavy atom. The average Bonchev–Trinajstić information content (AvgIpc) is 2.87. The summed E-state index contributed by atoms with van der Waals surface area (Å²) in [5, 5.41) is 7.49. The zero-order chi connectivity index (χ0) is 9.84. The lowest BCUT2D eigenvalue weighted by molar-refractivity contribution is 0.237. The molecule has 3 N–H and O–H groups in total. The van der Waals surface area contributed by atoms with Gasteiger partial charge in [0.25, 0.3) is 0 Å². The lowest BCUT2D eigenvalue weighted by Crippen LogP contribution is -2.44. The predicted octanol–water partition coefficient (Wildman–Crippen LogP) is 1.43. The van der Waals surface area contributed by atoms with Crippen molar-refractivity contribution in [2.75, 3.05) is 13.1 Å². The number of amidine groups is 1. The Balaban J connectivity index is 2.44. The lowest BCUT2D eigenvalue weighted by Gasteiger charge is -2.28. The van der Waals surface area contributed by atoms with Gasteiger partial charge < -0.3 is 5.73 Å². The van der Waals surface area contributed by atoms with E-state index < -0.39 is 0 Å². The van der Waals surface area contributed by atoms with Gasteiger partial charge in [-0.2, -0.15) is 0 Å². The zero-order valence-corrected chi connectivity index (χ0v) is 8.71. The first kappa shape index (κ1) is 10.5. The van der Waals surface area contributed by atoms with Gasteiger partial charge in [0, 0.05) is 6.54 Å². The minimum Gasteiger partial charge on any atom is -0.386 e. The van der Waals surface area contributed by atoms with Gasteiger partial charge in [0.2, 0.25) is 0 Å². The molecule has 0 heterocycles. The molecule has 0 aromatic rings. The summed E-state index contributed by atoms with van der Waals surface area (Å²) in [4.78, 5) is 2.33. The third-order valence-electron chi connectivity index (χ3n) is 2.78. The van der Waals surface area contributed by atoms with E-state index in [-0.39, 0.29) is 6.04 Å². The monoisotopic (exact) mass is 183 g/mol. The van der Waals surface area contributed by atoms with Gasteiger partial charge in [-0.05, 0) is 31.7 Å². The number of rotatable bonds is 6. The molecule has 1 unspecified atom stereocenters. The van der Waals surface area contributed by atoms with Crippen molar-refractivity contribution in [3.05, 3.63) is 0 Å². The molecule has 1 saturated carbocycles. The molecule has 0 aromatic heterocycles. The Kier molecular flexibility index (Phi) is 3.72. The number of nitrogens with two attached hydrogens (primary N) is 1. The van der Waals surface area contributed by atoms with Crippen molar-refractivity contribution in [2.24, 2.45) is 11.7 Å². The summed E-state index contributed by atoms with van der Waals surface area (Å²) in [5.74, 6) is 1.21. The van der Waals surface area contributed by atoms with Crippen molar-refractivity contribution in [3.8, 4) is 0 Å². The highest BCUT2D eigenvalue weighted by atomic mass is 15.2. The van der Waals surface area contributed by atoms with Crippen molar-refractivity contribution < 1.29 is 0 Å². The van der Waals surface area contributed by atoms with E-state index in [1.807, 2.05) is 0 Å². The van der Waals surface area contributed by atoms with Crippen LogP contribution in [0.4, 0.5) is 0 Å². The van der Waals surface area contributed by atoms with Crippen LogP contribution in [-0.2, 0) is 0 Å². The molecule has 76 valence electrons. The highest BCUT2D eigenvalue weighted by molar-refractivity contribution is 5.82. The Bertz CT molecular complexity index is 175. The van der Waals surface area contributed by atoms with Crippen molar-refractivity contribution in [3.63, 3.8) is 0 Å². The number of hydrogen-bond donors (Lipinski definition) is 2. The highest BCUT2D eigenvalue weighted by Crippen LogP contribution is 2.30. The molecule has 3 heteroatoms. The minimum atomic E-state index is 0.172. The summed E-state index contributed by atoms with van der Waals surface area (Å²) in [6.07, 6.45) is 3.69. The van der Waals surface area contributed by atoms with Crippen molar-refractivity contribution in [1.29, 1.82) is 5.41 Å². The molecule has 0 aromatic carbocycles. The fraction of sp³-hybridized carbons (Fsp3) is 0.900. The van der Waals surface area contributed by atoms with Crippen molar-refractivity contribution in [2.45, 2.75) is 39.2 Å². The second-order valence-corrected chi connectivity index (χ2v) is 3.91. The van der Waals surface area contributed by atoms with E-state index in [0.29, 0.717) is 5.84 Å². The Hall–Kier alpha value is -0.570. The molecule has 0 aliphatic heterocycles. The first-order valence-corrected chi connectivity index (χ1v) is 5.27. The number of likely N-dealkylation sites (N-methyl/N-ethyl adjacent to an activating group) is 1. The van der Waals surface area contributed by atoms with Crippen LogP contribution in [0.15, 0.2) is 0 Å². The Labute approximate surface area is 80.8 Å². The van der Waals surface area contributed by atoms with Gasteiger partial charge in [0.1, 0.15) is 5.84 Å². The van der Waals surface area contributed by atoms with E-state index in [1.54, 1.807) is 0 Å². The van der Waals surface area contributed by atoms with Gasteiger partial charge in [-0.3, -0.25) is 10.3 Å². The fourth-order valence-corrected chi connectivity index (χ4v) is 1.78. The van der Waals surface area contributed by atoms with E-state index in [4.69, 9.17) is 11.1 Å². The third kappa shape index (κ3) is 2.99. The maximum absolute atomic E-state index is 7.49. The molecule has 1 aliphatic carbocycles. The molecule has 3 nitrogen and oxygen atoms in total. The molecule has 1 fully saturated rings. The second-order valence-electron chi connectivity index (χ2n) is 3.91. The summed E-state index contributed by atoms with van der Waals surface area (Å²) in [6.45, 7) is 6.39. The maximum Gasteiger partial charge on any atom is 0.108 e. The van der Waals surface area contributed by atoms with Crippen molar-refractivity contribution in [1.82, 2.24) is 4.90 Å². The van der Waals surface area contributed by atoms with E-state index in [1.165, 1.54) is 12.8 Å². The van der Waals surface area contributed by atoms with Crippen LogP contribution in [0.2, 0.25) is 0 Å². The quantitative estimate of drug-likeness (QED) is 0.483. The molecule has 0 bridgehead atoms. The van der Waals surface area contributed by atoms with Gasteiger partial charge in [0.05, 0.1) is 6.04 Å². The normalized spacial score (nSPS) is 19.0. The molecule has 0 amide bonds. The third-order valence-corrected chi connectivity index (χ3v) is 2.78. The summed E-state index contributed by atoms with van der Waals surface area (Å²) in [5.41, 5.74) is 5.56. The molecule has 1 aliphatic rings. The smallest absolute Gasteiger partial charge is 0.108 e. The largest absolute Gasteiger partial charge is 0.386 e. The minimum absolute atomic E-state index is 0.172. The molecular formula is C10H21N3. The Morgan fingerprint density at radius 1 is 1.54 bits per heavy atom. The predicted molar refractivity (Wildman–Crippen MR) is 56.0 cm³/mol. The summed E-state index contributed by atoms with van der Waals surface area (Å²) >= 11 is 0. The van der Waals surface area contributed by atoms with Crippen LogP contribution in [0.1, 0.15) is 33.1 Å². The SMILES string of the molecule is CCC(C(=N)N)N(CC)CC1CC1. The maximum atomic E-state index is 7.49. The molecule has 0 radical (unpaired) electrons. The second kappa shape index (κ2) is 4.61. The number of nitrogens with zero attached hydrogens (tertiary/aromatic N) is 1. The van der Waals surface area contributed by atoms with Crippen LogP contribution < -0.4 is 5.73 Å². The topological polar surface area (TPSA) is 53.1 Å². The van der Waals surface area contributed by atoms with Gasteiger partial charge in [0.15, 0.2) is 0 Å². The van der Waals surface area contributed by atoms with Crippen molar-refractivity contribution >= 4 is 5.84 Å². The van der Waals surface area contributed by atoms with Crippen LogP contribution in [-0.4, -0.2) is 29.9 Å². The van der Waals surface area contributed by atoms with Gasteiger partial charge >= 0.3 is 0 Å². The average molecular weight is 183 g/mol. The van der Waals surface area contributed by atoms with E-state index in [9.17, 15) is 0 Å². The summed E-state index contributed by atoms with van der Waals surface area (Å²) in [7, 11) is 0. The van der Waals surface area contributed by atoms with E-state index in [0.717, 1.165) is 25.4 Å². The first-order chi connectivity index (χ1) is 6.19. The molecule has 0 spiro atoms. The van der Waals surface area contributed by atoms with Crippen LogP contribution in [0.25, 0.3) is 0 Å². The highest BCUT2D eigenvalue weighted by Gasteiger charge is 2.27. The van der Waals surface area contributed by atoms with Gasteiger partial charge in [-0.15, -0.1) is 0 Å². The van der Waals surface area contributed by atoms with Crippen LogP contribution in [0.3, 0.4) is 0 Å². The summed E-state index contributed by atoms with van der Waals surface area (Å²) < 4.78 is 0. The van der Waals surface area contributed by atoms with E-state index >= 15 is 0 Å². The van der Waals surface area contributed by atoms with Crippen LogP contribution in [0, 0.1) is 11.3 Å². The molecule has 0 saturated heterocycles. The van der Waals surface area contributed by atoms with Crippen LogP contribution in [0.5, 0.6) is 0 Å². The zero-order valence-electron chi connectivity index (χ0n) is 8.71. The van der Waals surface area contributed by atoms with E-state index in [2.05, 4.69) is 18.7 Å². The van der Waals surface area contributed by atoms with Gasteiger partial charge in [-0.25, -0.2) is 0 Å². The fourth-order valence-electron chi connectivity index (χ4n) is 1.78. The lowest BCUT2D eigenvalue weighted by atomic mass is 10.1. The molecule has 1 atom stereocenters. The number of hydrogen-bond acceptors (Lipinski definition) is 2. The van der Waals surface area contributed by atoms with Gasteiger partial charge in [-0.1, -0.05) is 13.8 Å². The molecular weight excluding hydrogens is 162 g/mol. The standard InChI is InChI=1S/C10H21N3/c1-3-9(10(11)12)13(4-2)7-8-5-6-8/h8-9H,3-7H2,1-2H3,(H3,11,12). The first-order valence-electron chi connectivity index (χ1n) is 5.27. The summed E-state index contributed by atoms with van der Waals surface area (Å²) in [6, 6.07) is 0.172. The molecule has 13 heavy (non-hydrogen) atoms. The number of nitrogens with one attached hydrogen (secondary N) is 1. The molecule has 1 rings (SSSR count).